The summed E-state index contributed by atoms with van der Waals surface area (Å²) in [5, 5.41) is 0.545. The molecular weight excluding hydrogens is 360 g/mol. The highest BCUT2D eigenvalue weighted by Gasteiger charge is 2.05. The highest BCUT2D eigenvalue weighted by atomic mass is 35.5. The molecule has 1 amide bonds. The number of hydrogen-bond acceptors (Lipinski definition) is 2. The summed E-state index contributed by atoms with van der Waals surface area (Å²) in [5.41, 5.74) is 2.79. The van der Waals surface area contributed by atoms with Crippen LogP contribution in [0.3, 0.4) is 0 Å². The normalized spacial score (nSPS) is 11.4. The summed E-state index contributed by atoms with van der Waals surface area (Å²) in [6, 6.07) is 21.3. The number of rotatable bonds is 6. The zero-order chi connectivity index (χ0) is 19.1. The number of methoxy groups -OCH3 is 1. The molecule has 0 aliphatic carbocycles. The fraction of sp³-hybridized carbons (Fsp3) is 0.182. The molecule has 1 aromatic heterocycles. The molecule has 3 aromatic rings. The van der Waals surface area contributed by atoms with Crippen molar-refractivity contribution in [3.05, 3.63) is 94.6 Å². The lowest BCUT2D eigenvalue weighted by atomic mass is 10.1. The molecule has 0 saturated carbocycles. The maximum Gasteiger partial charge on any atom is 0.247 e. The van der Waals surface area contributed by atoms with Gasteiger partial charge in [0, 0.05) is 19.2 Å². The van der Waals surface area contributed by atoms with Gasteiger partial charge in [-0.3, -0.25) is 4.79 Å². The first-order valence-electron chi connectivity index (χ1n) is 8.75. The van der Waals surface area contributed by atoms with Gasteiger partial charge in [0.05, 0.1) is 12.1 Å². The van der Waals surface area contributed by atoms with Crippen molar-refractivity contribution in [3.8, 4) is 5.75 Å². The molecule has 0 aliphatic rings. The number of halogens is 1. The molecule has 4 nitrogen and oxygen atoms in total. The molecule has 0 atom stereocenters. The smallest absolute Gasteiger partial charge is 0.247 e. The van der Waals surface area contributed by atoms with Gasteiger partial charge >= 0.3 is 0 Å². The minimum absolute atomic E-state index is 0.157. The predicted octanol–water partition coefficient (Wildman–Crippen LogP) is 4.26. The van der Waals surface area contributed by atoms with Crippen molar-refractivity contribution in [2.45, 2.75) is 19.4 Å². The molecule has 0 bridgehead atoms. The van der Waals surface area contributed by atoms with Crippen LogP contribution in [0.4, 0.5) is 0 Å². The van der Waals surface area contributed by atoms with E-state index in [-0.39, 0.29) is 5.91 Å². The Morgan fingerprint density at radius 3 is 2.56 bits per heavy atom. The van der Waals surface area contributed by atoms with Gasteiger partial charge in [0.1, 0.15) is 11.2 Å². The van der Waals surface area contributed by atoms with E-state index in [2.05, 4.69) is 17.1 Å². The van der Waals surface area contributed by atoms with Crippen LogP contribution < -0.4 is 10.2 Å². The van der Waals surface area contributed by atoms with Gasteiger partial charge in [0.25, 0.3) is 0 Å². The quantitative estimate of drug-likeness (QED) is 0.641. The molecule has 3 rings (SSSR count). The first-order chi connectivity index (χ1) is 13.2. The maximum absolute atomic E-state index is 12.4. The van der Waals surface area contributed by atoms with Gasteiger partial charge in [-0.05, 0) is 41.8 Å². The Labute approximate surface area is 163 Å². The largest absolute Gasteiger partial charge is 0.495 e. The Kier molecular flexibility index (Phi) is 6.44. The van der Waals surface area contributed by atoms with Gasteiger partial charge in [-0.2, -0.15) is 4.99 Å². The lowest BCUT2D eigenvalue weighted by molar-refractivity contribution is -0.118. The molecule has 138 valence electrons. The number of pyridine rings is 1. The third kappa shape index (κ3) is 5.31. The second kappa shape index (κ2) is 9.19. The lowest BCUT2D eigenvalue weighted by Gasteiger charge is -2.07. The van der Waals surface area contributed by atoms with Crippen molar-refractivity contribution in [1.82, 2.24) is 4.57 Å². The number of hydrogen-bond donors (Lipinski definition) is 0. The number of benzene rings is 2. The fourth-order valence-corrected chi connectivity index (χ4v) is 3.06. The van der Waals surface area contributed by atoms with Gasteiger partial charge < -0.3 is 9.30 Å². The SMILES string of the molecule is COc1ccc(CCC(=O)N=c2ccccn2Cc2ccccc2)cc1Cl. The average Bonchev–Trinajstić information content (AvgIpc) is 2.69. The van der Waals surface area contributed by atoms with E-state index < -0.39 is 0 Å². The van der Waals surface area contributed by atoms with E-state index in [0.29, 0.717) is 35.6 Å². The zero-order valence-electron chi connectivity index (χ0n) is 15.1. The van der Waals surface area contributed by atoms with E-state index in [4.69, 9.17) is 16.3 Å². The molecule has 0 saturated heterocycles. The van der Waals surface area contributed by atoms with Crippen LogP contribution in [0.25, 0.3) is 0 Å². The van der Waals surface area contributed by atoms with Crippen molar-refractivity contribution in [1.29, 1.82) is 0 Å². The summed E-state index contributed by atoms with van der Waals surface area (Å²) >= 11 is 6.14. The highest BCUT2D eigenvalue weighted by Crippen LogP contribution is 2.25. The fourth-order valence-electron chi connectivity index (χ4n) is 2.78. The van der Waals surface area contributed by atoms with Crippen LogP contribution >= 0.6 is 11.6 Å². The molecule has 0 radical (unpaired) electrons. The molecule has 0 aliphatic heterocycles. The summed E-state index contributed by atoms with van der Waals surface area (Å²) in [7, 11) is 1.58. The monoisotopic (exact) mass is 380 g/mol. The van der Waals surface area contributed by atoms with Gasteiger partial charge in [-0.25, -0.2) is 0 Å². The van der Waals surface area contributed by atoms with Crippen molar-refractivity contribution in [2.24, 2.45) is 4.99 Å². The van der Waals surface area contributed by atoms with Gasteiger partial charge in [0.2, 0.25) is 5.91 Å². The second-order valence-electron chi connectivity index (χ2n) is 6.15. The standard InChI is InChI=1S/C22H21ClN2O2/c1-27-20-12-10-17(15-19(20)23)11-13-22(26)24-21-9-5-6-14-25(21)16-18-7-3-2-4-8-18/h2-10,12,14-15H,11,13,16H2,1H3. The van der Waals surface area contributed by atoms with E-state index in [1.807, 2.05) is 65.4 Å². The molecule has 5 heteroatoms. The van der Waals surface area contributed by atoms with Gasteiger partial charge in [-0.15, -0.1) is 0 Å². The minimum atomic E-state index is -0.157. The second-order valence-corrected chi connectivity index (χ2v) is 6.55. The summed E-state index contributed by atoms with van der Waals surface area (Å²) in [4.78, 5) is 16.7. The van der Waals surface area contributed by atoms with Crippen molar-refractivity contribution in [3.63, 3.8) is 0 Å². The summed E-state index contributed by atoms with van der Waals surface area (Å²) in [6.07, 6.45) is 2.84. The molecule has 0 N–H and O–H groups in total. The summed E-state index contributed by atoms with van der Waals surface area (Å²) in [6.45, 7) is 0.669. The van der Waals surface area contributed by atoms with Crippen molar-refractivity contribution >= 4 is 17.5 Å². The molecule has 0 unspecified atom stereocenters. The Balaban J connectivity index is 1.71. The Bertz CT molecular complexity index is 981. The Hall–Kier alpha value is -2.85. The van der Waals surface area contributed by atoms with E-state index in [1.165, 1.54) is 0 Å². The lowest BCUT2D eigenvalue weighted by Crippen LogP contribution is -2.22. The molecule has 0 spiro atoms. The van der Waals surface area contributed by atoms with Gasteiger partial charge in [0.15, 0.2) is 0 Å². The zero-order valence-corrected chi connectivity index (χ0v) is 15.9. The van der Waals surface area contributed by atoms with Crippen molar-refractivity contribution < 1.29 is 9.53 Å². The molecular formula is C22H21ClN2O2. The molecule has 2 aromatic carbocycles. The van der Waals surface area contributed by atoms with Crippen LogP contribution in [0, 0.1) is 0 Å². The van der Waals surface area contributed by atoms with E-state index >= 15 is 0 Å². The maximum atomic E-state index is 12.4. The van der Waals surface area contributed by atoms with E-state index in [9.17, 15) is 4.79 Å². The first kappa shape index (κ1) is 18.9. The molecule has 0 fully saturated rings. The number of carbonyl (C=O) groups is 1. The predicted molar refractivity (Wildman–Crippen MR) is 107 cm³/mol. The van der Waals surface area contributed by atoms with Crippen LogP contribution in [0.1, 0.15) is 17.5 Å². The van der Waals surface area contributed by atoms with E-state index in [1.54, 1.807) is 7.11 Å². The van der Waals surface area contributed by atoms with Crippen LogP contribution in [-0.2, 0) is 17.8 Å². The van der Waals surface area contributed by atoms with Crippen LogP contribution in [0.5, 0.6) is 5.75 Å². The number of carbonyl (C=O) groups excluding carboxylic acids is 1. The topological polar surface area (TPSA) is 43.6 Å². The summed E-state index contributed by atoms with van der Waals surface area (Å²) < 4.78 is 7.12. The third-order valence-electron chi connectivity index (χ3n) is 4.20. The Morgan fingerprint density at radius 1 is 1.04 bits per heavy atom. The van der Waals surface area contributed by atoms with Crippen LogP contribution in [-0.4, -0.2) is 17.6 Å². The minimum Gasteiger partial charge on any atom is -0.495 e. The van der Waals surface area contributed by atoms with E-state index in [0.717, 1.165) is 11.1 Å². The average molecular weight is 381 g/mol. The molecule has 1 heterocycles. The number of nitrogens with zero attached hydrogens (tertiary/aromatic N) is 2. The van der Waals surface area contributed by atoms with Gasteiger partial charge in [-0.1, -0.05) is 54.1 Å². The van der Waals surface area contributed by atoms with Crippen LogP contribution in [0.2, 0.25) is 5.02 Å². The number of aryl methyl sites for hydroxylation is 1. The molecule has 27 heavy (non-hydrogen) atoms. The number of ether oxygens (including phenoxy) is 1. The number of amides is 1. The van der Waals surface area contributed by atoms with Crippen molar-refractivity contribution in [2.75, 3.05) is 7.11 Å². The summed E-state index contributed by atoms with van der Waals surface area (Å²) in [5.74, 6) is 0.470. The first-order valence-corrected chi connectivity index (χ1v) is 9.13. The third-order valence-corrected chi connectivity index (χ3v) is 4.49. The van der Waals surface area contributed by atoms with Crippen LogP contribution in [0.15, 0.2) is 77.9 Å². The highest BCUT2D eigenvalue weighted by molar-refractivity contribution is 6.32. The Morgan fingerprint density at radius 2 is 1.81 bits per heavy atom. The number of aromatic nitrogens is 1.